The van der Waals surface area contributed by atoms with Crippen LogP contribution in [-0.2, 0) is 17.6 Å². The average molecular weight is 289 g/mol. The van der Waals surface area contributed by atoms with Crippen LogP contribution in [0.2, 0.25) is 0 Å². The predicted octanol–water partition coefficient (Wildman–Crippen LogP) is 2.46. The molecule has 112 valence electrons. The maximum atomic E-state index is 13.0. The van der Waals surface area contributed by atoms with Gasteiger partial charge in [0, 0.05) is 18.7 Å². The summed E-state index contributed by atoms with van der Waals surface area (Å²) in [5.41, 5.74) is 4.01. The van der Waals surface area contributed by atoms with E-state index in [9.17, 15) is 9.18 Å². The fourth-order valence-corrected chi connectivity index (χ4v) is 2.31. The van der Waals surface area contributed by atoms with Gasteiger partial charge in [0.05, 0.1) is 5.69 Å². The second kappa shape index (κ2) is 7.02. The number of hydrogen-bond donors (Lipinski definition) is 2. The molecule has 0 radical (unpaired) electrons. The largest absolute Gasteiger partial charge is 0.356 e. The molecule has 5 heteroatoms. The first-order valence-electron chi connectivity index (χ1n) is 7.08. The highest BCUT2D eigenvalue weighted by atomic mass is 19.1. The highest BCUT2D eigenvalue weighted by molar-refractivity contribution is 5.76. The van der Waals surface area contributed by atoms with E-state index in [1.807, 2.05) is 19.9 Å². The van der Waals surface area contributed by atoms with Crippen molar-refractivity contribution >= 4 is 5.91 Å². The Hall–Kier alpha value is -2.17. The monoisotopic (exact) mass is 289 g/mol. The maximum Gasteiger partial charge on any atom is 0.220 e. The molecular weight excluding hydrogens is 269 g/mol. The molecule has 1 aromatic carbocycles. The molecule has 0 fully saturated rings. The quantitative estimate of drug-likeness (QED) is 0.858. The molecule has 0 spiro atoms. The molecule has 2 aromatic rings. The molecule has 1 aromatic heterocycles. The van der Waals surface area contributed by atoms with Crippen molar-refractivity contribution in [2.45, 2.75) is 33.1 Å². The van der Waals surface area contributed by atoms with Crippen LogP contribution < -0.4 is 5.32 Å². The van der Waals surface area contributed by atoms with Crippen LogP contribution in [0.15, 0.2) is 24.3 Å². The number of aryl methyl sites for hydroxylation is 3. The Balaban J connectivity index is 1.73. The molecule has 1 heterocycles. The molecule has 21 heavy (non-hydrogen) atoms. The molecule has 0 aliphatic heterocycles. The third kappa shape index (κ3) is 4.41. The zero-order chi connectivity index (χ0) is 15.2. The van der Waals surface area contributed by atoms with Gasteiger partial charge in [-0.15, -0.1) is 0 Å². The number of carbonyl (C=O) groups is 1. The molecule has 1 amide bonds. The molecule has 2 rings (SSSR count). The third-order valence-electron chi connectivity index (χ3n) is 3.51. The fraction of sp³-hybridized carbons (Fsp3) is 0.375. The fourth-order valence-electron chi connectivity index (χ4n) is 2.31. The topological polar surface area (TPSA) is 57.8 Å². The van der Waals surface area contributed by atoms with Crippen molar-refractivity contribution in [3.8, 4) is 0 Å². The lowest BCUT2D eigenvalue weighted by molar-refractivity contribution is -0.121. The molecule has 0 saturated carbocycles. The van der Waals surface area contributed by atoms with Crippen molar-refractivity contribution in [3.63, 3.8) is 0 Å². The molecule has 0 aliphatic rings. The molecular formula is C16H20FN3O. The van der Waals surface area contributed by atoms with Crippen LogP contribution in [0.3, 0.4) is 0 Å². The second-order valence-electron chi connectivity index (χ2n) is 5.14. The van der Waals surface area contributed by atoms with E-state index in [4.69, 9.17) is 0 Å². The second-order valence-corrected chi connectivity index (χ2v) is 5.14. The van der Waals surface area contributed by atoms with Crippen LogP contribution in [0.25, 0.3) is 0 Å². The number of aromatic amines is 1. The van der Waals surface area contributed by atoms with Crippen molar-refractivity contribution in [2.75, 3.05) is 6.54 Å². The van der Waals surface area contributed by atoms with Crippen molar-refractivity contribution in [2.24, 2.45) is 0 Å². The molecule has 4 nitrogen and oxygen atoms in total. The van der Waals surface area contributed by atoms with E-state index in [-0.39, 0.29) is 11.7 Å². The first kappa shape index (κ1) is 15.2. The van der Waals surface area contributed by atoms with E-state index < -0.39 is 0 Å². The Morgan fingerprint density at radius 3 is 2.81 bits per heavy atom. The summed E-state index contributed by atoms with van der Waals surface area (Å²) in [6.07, 6.45) is 1.68. The lowest BCUT2D eigenvalue weighted by atomic mass is 10.1. The van der Waals surface area contributed by atoms with Gasteiger partial charge >= 0.3 is 0 Å². The number of carbonyl (C=O) groups excluding carboxylic acids is 1. The van der Waals surface area contributed by atoms with Crippen LogP contribution in [0.1, 0.15) is 28.9 Å². The minimum Gasteiger partial charge on any atom is -0.356 e. The van der Waals surface area contributed by atoms with E-state index in [0.29, 0.717) is 19.4 Å². The van der Waals surface area contributed by atoms with Crippen LogP contribution in [-0.4, -0.2) is 22.6 Å². The van der Waals surface area contributed by atoms with E-state index in [2.05, 4.69) is 15.5 Å². The number of hydrogen-bond acceptors (Lipinski definition) is 2. The van der Waals surface area contributed by atoms with Crippen molar-refractivity contribution in [1.29, 1.82) is 0 Å². The zero-order valence-electron chi connectivity index (χ0n) is 12.4. The Bertz CT molecular complexity index is 602. The van der Waals surface area contributed by atoms with Gasteiger partial charge in [0.15, 0.2) is 0 Å². The van der Waals surface area contributed by atoms with Gasteiger partial charge in [0.1, 0.15) is 5.82 Å². The summed E-state index contributed by atoms with van der Waals surface area (Å²) in [6, 6.07) is 6.35. The van der Waals surface area contributed by atoms with Crippen LogP contribution in [0.5, 0.6) is 0 Å². The molecule has 0 bridgehead atoms. The van der Waals surface area contributed by atoms with Gasteiger partial charge in [0.2, 0.25) is 5.91 Å². The molecule has 0 atom stereocenters. The van der Waals surface area contributed by atoms with E-state index in [1.54, 1.807) is 6.07 Å². The lowest BCUT2D eigenvalue weighted by Gasteiger charge is -2.06. The normalized spacial score (nSPS) is 10.6. The summed E-state index contributed by atoms with van der Waals surface area (Å²) in [4.78, 5) is 11.8. The van der Waals surface area contributed by atoms with Crippen LogP contribution in [0, 0.1) is 19.7 Å². The summed E-state index contributed by atoms with van der Waals surface area (Å²) in [6.45, 7) is 4.51. The van der Waals surface area contributed by atoms with Gasteiger partial charge in [-0.3, -0.25) is 9.89 Å². The minimum atomic E-state index is -0.265. The number of benzene rings is 1. The number of amides is 1. The van der Waals surface area contributed by atoms with Gasteiger partial charge in [-0.05, 0) is 49.9 Å². The smallest absolute Gasteiger partial charge is 0.220 e. The van der Waals surface area contributed by atoms with Gasteiger partial charge in [-0.2, -0.15) is 5.10 Å². The first-order chi connectivity index (χ1) is 10.1. The van der Waals surface area contributed by atoms with E-state index >= 15 is 0 Å². The number of H-pyrrole nitrogens is 1. The molecule has 0 saturated heterocycles. The van der Waals surface area contributed by atoms with E-state index in [0.717, 1.165) is 28.9 Å². The standard InChI is InChI=1S/C16H20FN3O/c1-11-15(12(2)20-19-11)8-9-18-16(21)7-6-13-4-3-5-14(17)10-13/h3-5,10H,6-9H2,1-2H3,(H,18,21)(H,19,20). The number of nitrogens with one attached hydrogen (secondary N) is 2. The minimum absolute atomic E-state index is 0.0157. The summed E-state index contributed by atoms with van der Waals surface area (Å²) in [5, 5.41) is 9.94. The maximum absolute atomic E-state index is 13.0. The Morgan fingerprint density at radius 1 is 1.33 bits per heavy atom. The Morgan fingerprint density at radius 2 is 2.14 bits per heavy atom. The number of rotatable bonds is 6. The summed E-state index contributed by atoms with van der Waals surface area (Å²) in [7, 11) is 0. The van der Waals surface area contributed by atoms with Crippen molar-refractivity contribution < 1.29 is 9.18 Å². The van der Waals surface area contributed by atoms with Crippen molar-refractivity contribution in [1.82, 2.24) is 15.5 Å². The predicted molar refractivity (Wildman–Crippen MR) is 79.5 cm³/mol. The van der Waals surface area contributed by atoms with Gasteiger partial charge in [-0.1, -0.05) is 12.1 Å². The van der Waals surface area contributed by atoms with E-state index in [1.165, 1.54) is 12.1 Å². The van der Waals surface area contributed by atoms with Gasteiger partial charge in [-0.25, -0.2) is 4.39 Å². The highest BCUT2D eigenvalue weighted by Crippen LogP contribution is 2.09. The number of halogens is 1. The Labute approximate surface area is 123 Å². The number of nitrogens with zero attached hydrogens (tertiary/aromatic N) is 1. The van der Waals surface area contributed by atoms with Gasteiger partial charge < -0.3 is 5.32 Å². The Kier molecular flexibility index (Phi) is 5.09. The zero-order valence-corrected chi connectivity index (χ0v) is 12.4. The molecule has 2 N–H and O–H groups in total. The number of aromatic nitrogens is 2. The summed E-state index contributed by atoms with van der Waals surface area (Å²) in [5.74, 6) is -0.281. The summed E-state index contributed by atoms with van der Waals surface area (Å²) >= 11 is 0. The lowest BCUT2D eigenvalue weighted by Crippen LogP contribution is -2.26. The molecule has 0 unspecified atom stereocenters. The highest BCUT2D eigenvalue weighted by Gasteiger charge is 2.07. The molecule has 0 aliphatic carbocycles. The van der Waals surface area contributed by atoms with Crippen molar-refractivity contribution in [3.05, 3.63) is 52.6 Å². The van der Waals surface area contributed by atoms with Gasteiger partial charge in [0.25, 0.3) is 0 Å². The summed E-state index contributed by atoms with van der Waals surface area (Å²) < 4.78 is 13.0. The van der Waals surface area contributed by atoms with Crippen LogP contribution in [0.4, 0.5) is 4.39 Å². The average Bonchev–Trinajstić information content (AvgIpc) is 2.77. The third-order valence-corrected chi connectivity index (χ3v) is 3.51. The first-order valence-corrected chi connectivity index (χ1v) is 7.08. The SMILES string of the molecule is Cc1n[nH]c(C)c1CCNC(=O)CCc1cccc(F)c1. The van der Waals surface area contributed by atoms with Crippen LogP contribution >= 0.6 is 0 Å².